The maximum Gasteiger partial charge on any atom is 0.271 e. The van der Waals surface area contributed by atoms with Crippen molar-refractivity contribution in [2.45, 2.75) is 26.3 Å². The first-order chi connectivity index (χ1) is 9.61. The molecule has 0 fully saturated rings. The summed E-state index contributed by atoms with van der Waals surface area (Å²) in [6, 6.07) is 7.36. The summed E-state index contributed by atoms with van der Waals surface area (Å²) < 4.78 is 0. The Kier molecular flexibility index (Phi) is 4.63. The number of para-hydroxylation sites is 2. The molecular formula is C15H19N3O2. The van der Waals surface area contributed by atoms with Crippen LogP contribution in [-0.2, 0) is 0 Å². The van der Waals surface area contributed by atoms with Crippen LogP contribution in [0.4, 0.5) is 0 Å². The lowest BCUT2D eigenvalue weighted by molar-refractivity contribution is 0.0911. The number of carbonyl (C=O) groups is 1. The minimum absolute atomic E-state index is 0.0481. The number of nitrogens with zero attached hydrogens (tertiary/aromatic N) is 2. The largest absolute Gasteiger partial charge is 0.396 e. The molecule has 1 aromatic heterocycles. The SMILES string of the molecule is CC(C)C(CCO)NC(=O)c1cnc2ccccc2n1. The van der Waals surface area contributed by atoms with Crippen molar-refractivity contribution in [1.29, 1.82) is 0 Å². The van der Waals surface area contributed by atoms with Crippen molar-refractivity contribution in [2.75, 3.05) is 6.61 Å². The second kappa shape index (κ2) is 6.43. The fourth-order valence-corrected chi connectivity index (χ4v) is 2.02. The lowest BCUT2D eigenvalue weighted by Gasteiger charge is -2.21. The van der Waals surface area contributed by atoms with Gasteiger partial charge in [-0.15, -0.1) is 0 Å². The van der Waals surface area contributed by atoms with Crippen molar-refractivity contribution in [3.8, 4) is 0 Å². The van der Waals surface area contributed by atoms with E-state index >= 15 is 0 Å². The van der Waals surface area contributed by atoms with Crippen molar-refractivity contribution < 1.29 is 9.90 Å². The Balaban J connectivity index is 2.18. The van der Waals surface area contributed by atoms with Crippen LogP contribution in [0.1, 0.15) is 30.8 Å². The van der Waals surface area contributed by atoms with Crippen LogP contribution in [-0.4, -0.2) is 33.6 Å². The quantitative estimate of drug-likeness (QED) is 0.870. The number of aliphatic hydroxyl groups excluding tert-OH is 1. The smallest absolute Gasteiger partial charge is 0.271 e. The van der Waals surface area contributed by atoms with Gasteiger partial charge in [-0.3, -0.25) is 9.78 Å². The van der Waals surface area contributed by atoms with Gasteiger partial charge in [-0.25, -0.2) is 4.98 Å². The Hall–Kier alpha value is -2.01. The zero-order valence-electron chi connectivity index (χ0n) is 11.7. The third-order valence-corrected chi connectivity index (χ3v) is 3.24. The molecule has 5 heteroatoms. The van der Waals surface area contributed by atoms with E-state index in [0.29, 0.717) is 17.6 Å². The maximum absolute atomic E-state index is 12.2. The van der Waals surface area contributed by atoms with Crippen LogP contribution in [0.15, 0.2) is 30.5 Å². The number of rotatable bonds is 5. The van der Waals surface area contributed by atoms with Gasteiger partial charge in [-0.05, 0) is 24.5 Å². The number of fused-ring (bicyclic) bond motifs is 1. The van der Waals surface area contributed by atoms with E-state index in [-0.39, 0.29) is 24.5 Å². The molecule has 1 atom stereocenters. The summed E-state index contributed by atoms with van der Waals surface area (Å²) in [6.07, 6.45) is 2.01. The number of aliphatic hydroxyl groups is 1. The van der Waals surface area contributed by atoms with Gasteiger partial charge in [0.05, 0.1) is 17.2 Å². The lowest BCUT2D eigenvalue weighted by Crippen LogP contribution is -2.39. The van der Waals surface area contributed by atoms with Gasteiger partial charge in [0, 0.05) is 12.6 Å². The van der Waals surface area contributed by atoms with Gasteiger partial charge in [-0.1, -0.05) is 26.0 Å². The Labute approximate surface area is 118 Å². The van der Waals surface area contributed by atoms with E-state index < -0.39 is 0 Å². The zero-order valence-corrected chi connectivity index (χ0v) is 11.7. The predicted octanol–water partition coefficient (Wildman–Crippen LogP) is 1.77. The van der Waals surface area contributed by atoms with Crippen molar-refractivity contribution in [2.24, 2.45) is 5.92 Å². The Bertz CT molecular complexity index is 598. The molecule has 0 radical (unpaired) electrons. The van der Waals surface area contributed by atoms with E-state index in [2.05, 4.69) is 15.3 Å². The molecule has 1 heterocycles. The summed E-state index contributed by atoms with van der Waals surface area (Å²) in [5, 5.41) is 11.9. The standard InChI is InChI=1S/C15H19N3O2/c1-10(2)11(7-8-19)18-15(20)14-9-16-12-5-3-4-6-13(12)17-14/h3-6,9-11,19H,7-8H2,1-2H3,(H,18,20). The van der Waals surface area contributed by atoms with Crippen LogP contribution in [0.5, 0.6) is 0 Å². The first-order valence-corrected chi connectivity index (χ1v) is 6.75. The number of amides is 1. The molecule has 20 heavy (non-hydrogen) atoms. The van der Waals surface area contributed by atoms with Gasteiger partial charge in [0.15, 0.2) is 0 Å². The molecule has 0 aliphatic heterocycles. The molecule has 1 amide bonds. The number of benzene rings is 1. The van der Waals surface area contributed by atoms with Crippen LogP contribution in [0.2, 0.25) is 0 Å². The predicted molar refractivity (Wildman–Crippen MR) is 77.3 cm³/mol. The minimum atomic E-state index is -0.254. The molecule has 1 aromatic carbocycles. The van der Waals surface area contributed by atoms with Gasteiger partial charge >= 0.3 is 0 Å². The van der Waals surface area contributed by atoms with Crippen molar-refractivity contribution in [1.82, 2.24) is 15.3 Å². The average Bonchev–Trinajstić information content (AvgIpc) is 2.46. The minimum Gasteiger partial charge on any atom is -0.396 e. The van der Waals surface area contributed by atoms with Crippen molar-refractivity contribution in [3.63, 3.8) is 0 Å². The lowest BCUT2D eigenvalue weighted by atomic mass is 10.0. The summed E-state index contributed by atoms with van der Waals surface area (Å²) in [4.78, 5) is 20.7. The first-order valence-electron chi connectivity index (χ1n) is 6.75. The van der Waals surface area contributed by atoms with Crippen LogP contribution < -0.4 is 5.32 Å². The van der Waals surface area contributed by atoms with E-state index in [1.165, 1.54) is 6.20 Å². The maximum atomic E-state index is 12.2. The number of aromatic nitrogens is 2. The molecule has 2 N–H and O–H groups in total. The topological polar surface area (TPSA) is 75.1 Å². The highest BCUT2D eigenvalue weighted by Crippen LogP contribution is 2.10. The number of nitrogens with one attached hydrogen (secondary N) is 1. The number of hydrogen-bond donors (Lipinski definition) is 2. The molecule has 2 rings (SSSR count). The van der Waals surface area contributed by atoms with Gasteiger partial charge in [0.25, 0.3) is 5.91 Å². The molecule has 0 saturated carbocycles. The van der Waals surface area contributed by atoms with Gasteiger partial charge < -0.3 is 10.4 Å². The van der Waals surface area contributed by atoms with E-state index in [1.54, 1.807) is 0 Å². The molecule has 5 nitrogen and oxygen atoms in total. The number of carbonyl (C=O) groups excluding carboxylic acids is 1. The van der Waals surface area contributed by atoms with Crippen LogP contribution in [0.3, 0.4) is 0 Å². The normalized spacial score (nSPS) is 12.6. The highest BCUT2D eigenvalue weighted by atomic mass is 16.3. The fraction of sp³-hybridized carbons (Fsp3) is 0.400. The van der Waals surface area contributed by atoms with Gasteiger partial charge in [0.2, 0.25) is 0 Å². The van der Waals surface area contributed by atoms with Crippen LogP contribution >= 0.6 is 0 Å². The van der Waals surface area contributed by atoms with Gasteiger partial charge in [0.1, 0.15) is 5.69 Å². The molecule has 106 valence electrons. The van der Waals surface area contributed by atoms with Crippen LogP contribution in [0, 0.1) is 5.92 Å². The van der Waals surface area contributed by atoms with Gasteiger partial charge in [-0.2, -0.15) is 0 Å². The van der Waals surface area contributed by atoms with Crippen molar-refractivity contribution in [3.05, 3.63) is 36.2 Å². The summed E-state index contributed by atoms with van der Waals surface area (Å²) in [6.45, 7) is 4.06. The molecular weight excluding hydrogens is 254 g/mol. The fourth-order valence-electron chi connectivity index (χ4n) is 2.02. The Morgan fingerprint density at radius 3 is 2.65 bits per heavy atom. The summed E-state index contributed by atoms with van der Waals surface area (Å²) in [5.41, 5.74) is 1.76. The second-order valence-corrected chi connectivity index (χ2v) is 5.08. The third kappa shape index (κ3) is 3.30. The molecule has 0 aliphatic rings. The highest BCUT2D eigenvalue weighted by Gasteiger charge is 2.17. The summed E-state index contributed by atoms with van der Waals surface area (Å²) in [7, 11) is 0. The number of hydrogen-bond acceptors (Lipinski definition) is 4. The molecule has 0 bridgehead atoms. The highest BCUT2D eigenvalue weighted by molar-refractivity contribution is 5.93. The third-order valence-electron chi connectivity index (χ3n) is 3.24. The molecule has 0 spiro atoms. The Morgan fingerprint density at radius 1 is 1.30 bits per heavy atom. The van der Waals surface area contributed by atoms with Crippen LogP contribution in [0.25, 0.3) is 11.0 Å². The Morgan fingerprint density at radius 2 is 2.00 bits per heavy atom. The average molecular weight is 273 g/mol. The molecule has 1 unspecified atom stereocenters. The zero-order chi connectivity index (χ0) is 14.5. The molecule has 0 aliphatic carbocycles. The monoisotopic (exact) mass is 273 g/mol. The van der Waals surface area contributed by atoms with E-state index in [1.807, 2.05) is 38.1 Å². The summed E-state index contributed by atoms with van der Waals surface area (Å²) in [5.74, 6) is -0.00470. The van der Waals surface area contributed by atoms with E-state index in [4.69, 9.17) is 5.11 Å². The first kappa shape index (κ1) is 14.4. The van der Waals surface area contributed by atoms with E-state index in [9.17, 15) is 4.79 Å². The van der Waals surface area contributed by atoms with Crippen molar-refractivity contribution >= 4 is 16.9 Å². The summed E-state index contributed by atoms with van der Waals surface area (Å²) >= 11 is 0. The molecule has 2 aromatic rings. The molecule has 0 saturated heterocycles. The second-order valence-electron chi connectivity index (χ2n) is 5.08. The van der Waals surface area contributed by atoms with E-state index in [0.717, 1.165) is 5.52 Å².